The van der Waals surface area contributed by atoms with Gasteiger partial charge in [-0.25, -0.2) is 0 Å². The van der Waals surface area contributed by atoms with Crippen molar-refractivity contribution in [2.45, 2.75) is 20.5 Å². The van der Waals surface area contributed by atoms with Crippen molar-refractivity contribution in [2.24, 2.45) is 0 Å². The van der Waals surface area contributed by atoms with Gasteiger partial charge in [0.25, 0.3) is 0 Å². The zero-order valence-corrected chi connectivity index (χ0v) is 18.3. The van der Waals surface area contributed by atoms with E-state index in [2.05, 4.69) is 48.5 Å². The van der Waals surface area contributed by atoms with Gasteiger partial charge in [-0.05, 0) is 42.7 Å². The molecule has 0 radical (unpaired) electrons. The third-order valence-electron chi connectivity index (χ3n) is 4.31. The first kappa shape index (κ1) is 24.1. The van der Waals surface area contributed by atoms with Crippen LogP contribution in [0.5, 0.6) is 5.75 Å². The van der Waals surface area contributed by atoms with Crippen LogP contribution >= 0.6 is 0 Å². The average molecular weight is 442 g/mol. The van der Waals surface area contributed by atoms with Crippen molar-refractivity contribution in [3.63, 3.8) is 0 Å². The molecule has 0 heterocycles. The Morgan fingerprint density at radius 2 is 1.65 bits per heavy atom. The minimum absolute atomic E-state index is 0. The second-order valence-corrected chi connectivity index (χ2v) is 6.50. The Balaban J connectivity index is 0.000000501. The van der Waals surface area contributed by atoms with Crippen LogP contribution < -0.4 is 4.74 Å². The molecule has 0 unspecified atom stereocenters. The van der Waals surface area contributed by atoms with Gasteiger partial charge in [-0.15, -0.1) is 0 Å². The van der Waals surface area contributed by atoms with E-state index >= 15 is 0 Å². The van der Waals surface area contributed by atoms with Crippen LogP contribution in [0.4, 0.5) is 0 Å². The van der Waals surface area contributed by atoms with Crippen LogP contribution in [0.3, 0.4) is 0 Å². The molecular weight excluding hydrogens is 424 g/mol. The predicted molar refractivity (Wildman–Crippen MR) is 115 cm³/mol. The van der Waals surface area contributed by atoms with E-state index in [1.807, 2.05) is 56.3 Å². The Hall–Kier alpha value is -3.13. The third-order valence-corrected chi connectivity index (χ3v) is 4.31. The summed E-state index contributed by atoms with van der Waals surface area (Å²) in [6, 6.07) is 36.7. The number of aryl methyl sites for hydroxylation is 2. The molecule has 0 bridgehead atoms. The first-order valence-electron chi connectivity index (χ1n) is 9.35. The van der Waals surface area contributed by atoms with Crippen LogP contribution in [-0.2, 0) is 23.7 Å². The molecule has 4 aromatic rings. The topological polar surface area (TPSA) is 26.3 Å². The summed E-state index contributed by atoms with van der Waals surface area (Å²) >= 11 is 0. The quantitative estimate of drug-likeness (QED) is 0.175. The van der Waals surface area contributed by atoms with Crippen molar-refractivity contribution in [2.75, 3.05) is 0 Å². The number of ether oxygens (including phenoxy) is 1. The van der Waals surface area contributed by atoms with Crippen LogP contribution in [0.1, 0.15) is 32.6 Å². The summed E-state index contributed by atoms with van der Waals surface area (Å²) in [5.41, 5.74) is 4.41. The van der Waals surface area contributed by atoms with Gasteiger partial charge in [-0.1, -0.05) is 30.3 Å². The van der Waals surface area contributed by atoms with Crippen molar-refractivity contribution in [1.82, 2.24) is 0 Å². The minimum atomic E-state index is -0.117. The summed E-state index contributed by atoms with van der Waals surface area (Å²) in [4.78, 5) is 12.6. The van der Waals surface area contributed by atoms with E-state index in [1.54, 1.807) is 12.1 Å². The Morgan fingerprint density at radius 3 is 2.26 bits per heavy atom. The zero-order chi connectivity index (χ0) is 21.2. The van der Waals surface area contributed by atoms with Gasteiger partial charge >= 0.3 is 0 Å². The van der Waals surface area contributed by atoms with Gasteiger partial charge < -0.3 is 81.8 Å². The second-order valence-electron chi connectivity index (χ2n) is 6.50. The summed E-state index contributed by atoms with van der Waals surface area (Å²) in [6.45, 7) is 4.41. The van der Waals surface area contributed by atoms with E-state index in [1.165, 1.54) is 6.08 Å². The van der Waals surface area contributed by atoms with Gasteiger partial charge in [-0.2, -0.15) is 0 Å². The van der Waals surface area contributed by atoms with E-state index in [-0.39, 0.29) is 22.9 Å². The second kappa shape index (κ2) is 12.5. The fourth-order valence-corrected chi connectivity index (χ4v) is 2.58. The van der Waals surface area contributed by atoms with Crippen LogP contribution in [-0.4, -0.2) is 5.78 Å². The molecule has 2 nitrogen and oxygen atoms in total. The van der Waals surface area contributed by atoms with Crippen molar-refractivity contribution in [3.05, 3.63) is 131 Å². The molecule has 0 aromatic heterocycles. The van der Waals surface area contributed by atoms with Gasteiger partial charge in [-0.3, -0.25) is 0 Å². The molecule has 0 N–H and O–H groups in total. The van der Waals surface area contributed by atoms with Crippen molar-refractivity contribution in [3.8, 4) is 5.75 Å². The van der Waals surface area contributed by atoms with Crippen LogP contribution in [0.2, 0.25) is 0 Å². The molecule has 0 aliphatic heterocycles. The molecular formula is C28H18FeO2-10. The summed E-state index contributed by atoms with van der Waals surface area (Å²) < 4.78 is 5.93. The predicted octanol–water partition coefficient (Wildman–Crippen LogP) is 5.30. The van der Waals surface area contributed by atoms with Gasteiger partial charge in [0.05, 0.1) is 0 Å². The fraction of sp³-hybridized carbons (Fsp3) is 0.107. The molecule has 0 spiro atoms. The molecule has 0 saturated carbocycles. The van der Waals surface area contributed by atoms with Crippen molar-refractivity contribution >= 4 is 11.9 Å². The third kappa shape index (κ3) is 7.57. The van der Waals surface area contributed by atoms with Gasteiger partial charge in [0.1, 0.15) is 12.4 Å². The molecule has 31 heavy (non-hydrogen) atoms. The average Bonchev–Trinajstić information content (AvgIpc) is 3.50. The van der Waals surface area contributed by atoms with Crippen LogP contribution in [0.25, 0.3) is 6.08 Å². The standard InChI is InChI=1S/C23H17O2.C5H.Fe/c1-17-14-21(22(24)13-12-19-8-6-7-9-19)23(15-18(17)2)25-16-20-10-4-3-5-11-20;1-2-4-5-3-1;/h3-5,10-15H,16H2,1-2H3;1H;/q2*-5;. The summed E-state index contributed by atoms with van der Waals surface area (Å²) in [7, 11) is 0. The normalized spacial score (nSPS) is 10.1. The first-order valence-corrected chi connectivity index (χ1v) is 9.35. The van der Waals surface area contributed by atoms with E-state index in [0.717, 1.165) is 16.7 Å². The maximum atomic E-state index is 12.6. The van der Waals surface area contributed by atoms with Crippen LogP contribution in [0, 0.1) is 62.4 Å². The zero-order valence-electron chi connectivity index (χ0n) is 17.2. The Bertz CT molecular complexity index is 1040. The maximum Gasteiger partial charge on any atom is 0.128 e. The molecule has 0 aliphatic rings. The largest absolute Gasteiger partial charge is 0.999 e. The summed E-state index contributed by atoms with van der Waals surface area (Å²) in [5.74, 6) is 0.476. The number of benzene rings is 2. The first-order chi connectivity index (χ1) is 14.6. The number of rotatable bonds is 6. The molecule has 0 aliphatic carbocycles. The van der Waals surface area contributed by atoms with E-state index < -0.39 is 0 Å². The monoisotopic (exact) mass is 442 g/mol. The van der Waals surface area contributed by atoms with E-state index in [4.69, 9.17) is 4.74 Å². The fourth-order valence-electron chi connectivity index (χ4n) is 2.58. The Kier molecular flexibility index (Phi) is 9.76. The van der Waals surface area contributed by atoms with E-state index in [0.29, 0.717) is 23.5 Å². The number of ketones is 1. The number of carbonyl (C=O) groups excluding carboxylic acids is 1. The van der Waals surface area contributed by atoms with Crippen LogP contribution in [0.15, 0.2) is 54.6 Å². The number of hydrogen-bond acceptors (Lipinski definition) is 2. The van der Waals surface area contributed by atoms with Crippen molar-refractivity contribution in [1.29, 1.82) is 0 Å². The number of allylic oxidation sites excluding steroid dienone is 1. The molecule has 0 amide bonds. The molecule has 0 atom stereocenters. The summed E-state index contributed by atoms with van der Waals surface area (Å²) in [6.07, 6.45) is 3.16. The Labute approximate surface area is 195 Å². The molecule has 4 rings (SSSR count). The summed E-state index contributed by atoms with van der Waals surface area (Å²) in [5, 5.41) is 0. The van der Waals surface area contributed by atoms with Crippen molar-refractivity contribution < 1.29 is 26.6 Å². The van der Waals surface area contributed by atoms with Gasteiger partial charge in [0.2, 0.25) is 0 Å². The Morgan fingerprint density at radius 1 is 1.00 bits per heavy atom. The van der Waals surface area contributed by atoms with E-state index in [9.17, 15) is 4.79 Å². The molecule has 160 valence electrons. The maximum absolute atomic E-state index is 12.6. The molecule has 0 fully saturated rings. The number of carbonyl (C=O) groups is 1. The molecule has 0 saturated heterocycles. The smallest absolute Gasteiger partial charge is 0.128 e. The molecule has 3 heteroatoms. The van der Waals surface area contributed by atoms with Gasteiger partial charge in [0.15, 0.2) is 0 Å². The minimum Gasteiger partial charge on any atom is -0.999 e. The van der Waals surface area contributed by atoms with Gasteiger partial charge in [0, 0.05) is 28.4 Å². The SMILES string of the molecule is Cc1cc(OCc2ccccc2)c(C(=O)C=C[c-]2[c-][c-][c-][c-]2)cc1C.[Fe].[c-]1[c-][c-][cH-][c-]1. The number of hydrogen-bond donors (Lipinski definition) is 0. The molecule has 4 aromatic carbocycles.